The number of pyridine rings is 1. The molecular weight excluding hydrogens is 420 g/mol. The molecule has 1 aliphatic rings. The summed E-state index contributed by atoms with van der Waals surface area (Å²) in [5.41, 5.74) is 0.194. The van der Waals surface area contributed by atoms with Crippen molar-refractivity contribution in [1.82, 2.24) is 14.6 Å². The van der Waals surface area contributed by atoms with Crippen LogP contribution >= 0.6 is 11.8 Å². The van der Waals surface area contributed by atoms with Gasteiger partial charge in [-0.25, -0.2) is 22.2 Å². The Bertz CT molecular complexity index is 979. The lowest BCUT2D eigenvalue weighted by atomic mass is 10.1. The lowest BCUT2D eigenvalue weighted by Crippen LogP contribution is -2.29. The van der Waals surface area contributed by atoms with Gasteiger partial charge in [0.25, 0.3) is 0 Å². The summed E-state index contributed by atoms with van der Waals surface area (Å²) in [5.74, 6) is -1.72. The average molecular weight is 442 g/mol. The van der Waals surface area contributed by atoms with Gasteiger partial charge in [-0.15, -0.1) is 0 Å². The number of carbonyl (C=O) groups excluding carboxylic acids is 1. The van der Waals surface area contributed by atoms with Gasteiger partial charge >= 0.3 is 0 Å². The molecule has 1 unspecified atom stereocenters. The van der Waals surface area contributed by atoms with Gasteiger partial charge in [0.2, 0.25) is 15.9 Å². The highest BCUT2D eigenvalue weighted by molar-refractivity contribution is 7.99. The van der Waals surface area contributed by atoms with E-state index in [1.807, 2.05) is 0 Å². The molecule has 0 aliphatic carbocycles. The van der Waals surface area contributed by atoms with E-state index in [0.717, 1.165) is 36.7 Å². The molecule has 1 amide bonds. The topological polar surface area (TPSA) is 79.4 Å². The van der Waals surface area contributed by atoms with Crippen LogP contribution in [0, 0.1) is 11.6 Å². The fourth-order valence-electron chi connectivity index (χ4n) is 3.04. The molecule has 156 valence electrons. The van der Waals surface area contributed by atoms with Gasteiger partial charge in [0.15, 0.2) is 0 Å². The minimum absolute atomic E-state index is 0.0262. The van der Waals surface area contributed by atoms with Crippen LogP contribution in [0.5, 0.6) is 0 Å². The summed E-state index contributed by atoms with van der Waals surface area (Å²) >= 11 is 1.14. The molecule has 1 aromatic carbocycles. The molecule has 1 aromatic heterocycles. The molecular formula is C19H21F2N3O3S2. The molecule has 29 heavy (non-hydrogen) atoms. The maximum absolute atomic E-state index is 13.8. The number of amides is 1. The van der Waals surface area contributed by atoms with Crippen molar-refractivity contribution in [3.8, 4) is 0 Å². The van der Waals surface area contributed by atoms with Crippen LogP contribution in [-0.4, -0.2) is 42.5 Å². The van der Waals surface area contributed by atoms with Crippen LogP contribution in [0.1, 0.15) is 31.4 Å². The molecule has 0 bridgehead atoms. The normalized spacial score (nSPS) is 16.0. The van der Waals surface area contributed by atoms with Crippen LogP contribution in [0.15, 0.2) is 46.5 Å². The van der Waals surface area contributed by atoms with E-state index < -0.39 is 27.7 Å². The predicted octanol–water partition coefficient (Wildman–Crippen LogP) is 3.11. The van der Waals surface area contributed by atoms with E-state index in [9.17, 15) is 22.0 Å². The van der Waals surface area contributed by atoms with Gasteiger partial charge in [0, 0.05) is 30.9 Å². The van der Waals surface area contributed by atoms with Crippen LogP contribution in [0.2, 0.25) is 0 Å². The lowest BCUT2D eigenvalue weighted by molar-refractivity contribution is -0.119. The van der Waals surface area contributed by atoms with E-state index >= 15 is 0 Å². The van der Waals surface area contributed by atoms with Crippen molar-refractivity contribution >= 4 is 27.7 Å². The number of sulfonamides is 1. The summed E-state index contributed by atoms with van der Waals surface area (Å²) in [6, 6.07) is 5.63. The SMILES string of the molecule is CC(NC(=O)CSc1ccc(S(=O)(=O)N2CCCC2)cn1)c1ccc(F)cc1F. The Morgan fingerprint density at radius 3 is 2.59 bits per heavy atom. The number of thioether (sulfide) groups is 1. The summed E-state index contributed by atoms with van der Waals surface area (Å²) in [4.78, 5) is 16.4. The molecule has 1 aliphatic heterocycles. The summed E-state index contributed by atoms with van der Waals surface area (Å²) < 4.78 is 53.2. The monoisotopic (exact) mass is 441 g/mol. The third-order valence-electron chi connectivity index (χ3n) is 4.57. The largest absolute Gasteiger partial charge is 0.349 e. The Morgan fingerprint density at radius 1 is 1.24 bits per heavy atom. The maximum atomic E-state index is 13.8. The third-order valence-corrected chi connectivity index (χ3v) is 7.40. The Kier molecular flexibility index (Phi) is 6.86. The van der Waals surface area contributed by atoms with Crippen molar-refractivity contribution < 1.29 is 22.0 Å². The summed E-state index contributed by atoms with van der Waals surface area (Å²) in [6.07, 6.45) is 3.01. The minimum atomic E-state index is -3.52. The first-order valence-corrected chi connectivity index (χ1v) is 11.5. The van der Waals surface area contributed by atoms with Crippen molar-refractivity contribution in [1.29, 1.82) is 0 Å². The molecule has 2 aromatic rings. The smallest absolute Gasteiger partial charge is 0.244 e. The van der Waals surface area contributed by atoms with Gasteiger partial charge in [-0.3, -0.25) is 4.79 Å². The average Bonchev–Trinajstić information content (AvgIpc) is 3.22. The second-order valence-corrected chi connectivity index (χ2v) is 9.62. The molecule has 1 atom stereocenters. The van der Waals surface area contributed by atoms with Gasteiger partial charge in [-0.05, 0) is 38.0 Å². The molecule has 0 saturated carbocycles. The van der Waals surface area contributed by atoms with Gasteiger partial charge in [0.1, 0.15) is 16.5 Å². The minimum Gasteiger partial charge on any atom is -0.349 e. The summed E-state index contributed by atoms with van der Waals surface area (Å²) in [5, 5.41) is 3.15. The van der Waals surface area contributed by atoms with Crippen LogP contribution in [-0.2, 0) is 14.8 Å². The number of benzene rings is 1. The van der Waals surface area contributed by atoms with Crippen molar-refractivity contribution in [2.24, 2.45) is 0 Å². The zero-order chi connectivity index (χ0) is 21.0. The highest BCUT2D eigenvalue weighted by atomic mass is 32.2. The summed E-state index contributed by atoms with van der Waals surface area (Å²) in [7, 11) is -3.52. The maximum Gasteiger partial charge on any atom is 0.244 e. The summed E-state index contributed by atoms with van der Waals surface area (Å²) in [6.45, 7) is 2.65. The zero-order valence-electron chi connectivity index (χ0n) is 15.8. The molecule has 0 spiro atoms. The lowest BCUT2D eigenvalue weighted by Gasteiger charge is -2.16. The molecule has 3 rings (SSSR count). The van der Waals surface area contributed by atoms with Crippen LogP contribution in [0.4, 0.5) is 8.78 Å². The fourth-order valence-corrected chi connectivity index (χ4v) is 5.15. The number of nitrogens with one attached hydrogen (secondary N) is 1. The molecule has 6 nitrogen and oxygen atoms in total. The first-order valence-electron chi connectivity index (χ1n) is 9.10. The zero-order valence-corrected chi connectivity index (χ0v) is 17.4. The second kappa shape index (κ2) is 9.19. The molecule has 2 heterocycles. The highest BCUT2D eigenvalue weighted by Gasteiger charge is 2.27. The molecule has 0 radical (unpaired) electrons. The molecule has 10 heteroatoms. The fraction of sp³-hybridized carbons (Fsp3) is 0.368. The van der Waals surface area contributed by atoms with E-state index in [2.05, 4.69) is 10.3 Å². The van der Waals surface area contributed by atoms with Crippen molar-refractivity contribution in [3.63, 3.8) is 0 Å². The van der Waals surface area contributed by atoms with Gasteiger partial charge < -0.3 is 5.32 Å². The number of halogens is 2. The third kappa shape index (κ3) is 5.31. The van der Waals surface area contributed by atoms with Crippen LogP contribution < -0.4 is 5.32 Å². The Balaban J connectivity index is 1.55. The van der Waals surface area contributed by atoms with Gasteiger partial charge in [-0.2, -0.15) is 4.31 Å². The number of nitrogens with zero attached hydrogens (tertiary/aromatic N) is 2. The predicted molar refractivity (Wildman–Crippen MR) is 106 cm³/mol. The van der Waals surface area contributed by atoms with Crippen LogP contribution in [0.25, 0.3) is 0 Å². The van der Waals surface area contributed by atoms with E-state index in [4.69, 9.17) is 0 Å². The van der Waals surface area contributed by atoms with Gasteiger partial charge in [-0.1, -0.05) is 17.8 Å². The number of rotatable bonds is 7. The number of hydrogen-bond donors (Lipinski definition) is 1. The number of hydrogen-bond acceptors (Lipinski definition) is 5. The first-order chi connectivity index (χ1) is 13.8. The molecule has 1 saturated heterocycles. The first kappa shape index (κ1) is 21.7. The Hall–Kier alpha value is -2.04. The van der Waals surface area contributed by atoms with Crippen LogP contribution in [0.3, 0.4) is 0 Å². The highest BCUT2D eigenvalue weighted by Crippen LogP contribution is 2.23. The molecule has 1 N–H and O–H groups in total. The quantitative estimate of drug-likeness (QED) is 0.668. The van der Waals surface area contributed by atoms with Crippen molar-refractivity contribution in [3.05, 3.63) is 53.7 Å². The Morgan fingerprint density at radius 2 is 1.97 bits per heavy atom. The van der Waals surface area contributed by atoms with Gasteiger partial charge in [0.05, 0.1) is 16.8 Å². The molecule has 1 fully saturated rings. The van der Waals surface area contributed by atoms with Crippen molar-refractivity contribution in [2.75, 3.05) is 18.8 Å². The number of aromatic nitrogens is 1. The number of carbonyl (C=O) groups is 1. The van der Waals surface area contributed by atoms with E-state index in [0.29, 0.717) is 18.1 Å². The second-order valence-electron chi connectivity index (χ2n) is 6.69. The Labute approximate surface area is 172 Å². The van der Waals surface area contributed by atoms with E-state index in [1.54, 1.807) is 13.0 Å². The van der Waals surface area contributed by atoms with E-state index in [-0.39, 0.29) is 22.1 Å². The van der Waals surface area contributed by atoms with Crippen molar-refractivity contribution in [2.45, 2.75) is 35.7 Å². The standard InChI is InChI=1S/C19H21F2N3O3S2/c1-13(16-6-4-14(20)10-17(16)21)23-18(25)12-28-19-7-5-15(11-22-19)29(26,27)24-8-2-3-9-24/h4-7,10-11,13H,2-3,8-9,12H2,1H3,(H,23,25). The van der Waals surface area contributed by atoms with E-state index in [1.165, 1.54) is 22.6 Å².